The van der Waals surface area contributed by atoms with Gasteiger partial charge in [-0.05, 0) is 37.0 Å². The first-order valence-electron chi connectivity index (χ1n) is 9.80. The Kier molecular flexibility index (Phi) is 6.03. The van der Waals surface area contributed by atoms with E-state index in [9.17, 15) is 19.5 Å². The Hall–Kier alpha value is -2.41. The van der Waals surface area contributed by atoms with Crippen molar-refractivity contribution in [3.63, 3.8) is 0 Å². The van der Waals surface area contributed by atoms with E-state index in [-0.39, 0.29) is 31.4 Å². The minimum atomic E-state index is -1.07. The minimum Gasteiger partial charge on any atom is -0.481 e. The fourth-order valence-electron chi connectivity index (χ4n) is 4.24. The largest absolute Gasteiger partial charge is 0.481 e. The minimum absolute atomic E-state index is 0.0685. The number of aryl methyl sites for hydroxylation is 1. The number of carboxylic acids is 1. The van der Waals surface area contributed by atoms with Crippen LogP contribution < -0.4 is 4.90 Å². The third kappa shape index (κ3) is 3.90. The van der Waals surface area contributed by atoms with Crippen LogP contribution in [0.15, 0.2) is 24.3 Å². The molecule has 1 aromatic carbocycles. The van der Waals surface area contributed by atoms with E-state index in [2.05, 4.69) is 6.92 Å². The number of benzene rings is 1. The fourth-order valence-corrected chi connectivity index (χ4v) is 4.24. The van der Waals surface area contributed by atoms with Crippen molar-refractivity contribution in [3.05, 3.63) is 29.8 Å². The molecule has 2 aliphatic rings. The molecule has 0 spiro atoms. The summed E-state index contributed by atoms with van der Waals surface area (Å²) in [4.78, 5) is 40.6. The van der Waals surface area contributed by atoms with Crippen LogP contribution in [0.2, 0.25) is 0 Å². The molecule has 28 heavy (non-hydrogen) atoms. The number of methoxy groups -OCH3 is 1. The standard InChI is InChI=1S/C21H28N2O5/c1-3-15-5-7-17(8-6-15)23-12-16(11-18(23)24)19(25)22-10-4-9-21(13-22,14-28-2)20(26)27/h5-8,16H,3-4,9-14H2,1-2H3,(H,26,27). The lowest BCUT2D eigenvalue weighted by Gasteiger charge is -2.40. The maximum Gasteiger partial charge on any atom is 0.313 e. The van der Waals surface area contributed by atoms with E-state index >= 15 is 0 Å². The molecule has 0 aliphatic carbocycles. The molecule has 0 aromatic heterocycles. The van der Waals surface area contributed by atoms with Gasteiger partial charge in [0.25, 0.3) is 0 Å². The molecule has 0 radical (unpaired) electrons. The molecule has 2 heterocycles. The summed E-state index contributed by atoms with van der Waals surface area (Å²) in [5.74, 6) is -1.58. The van der Waals surface area contributed by atoms with Gasteiger partial charge in [0.15, 0.2) is 0 Å². The molecule has 2 aliphatic heterocycles. The predicted molar refractivity (Wildman–Crippen MR) is 104 cm³/mol. The van der Waals surface area contributed by atoms with Crippen LogP contribution in [0, 0.1) is 11.3 Å². The first-order chi connectivity index (χ1) is 13.4. The molecular formula is C21H28N2O5. The second-order valence-corrected chi connectivity index (χ2v) is 7.81. The number of rotatable bonds is 6. The van der Waals surface area contributed by atoms with Crippen molar-refractivity contribution in [1.82, 2.24) is 4.90 Å². The summed E-state index contributed by atoms with van der Waals surface area (Å²) < 4.78 is 5.13. The normalized spacial score (nSPS) is 25.2. The molecule has 2 unspecified atom stereocenters. The zero-order chi connectivity index (χ0) is 20.3. The average molecular weight is 388 g/mol. The van der Waals surface area contributed by atoms with Gasteiger partial charge in [0.1, 0.15) is 5.41 Å². The van der Waals surface area contributed by atoms with E-state index < -0.39 is 17.3 Å². The number of likely N-dealkylation sites (tertiary alicyclic amines) is 1. The van der Waals surface area contributed by atoms with Gasteiger partial charge in [0.05, 0.1) is 12.5 Å². The first-order valence-corrected chi connectivity index (χ1v) is 9.80. The molecule has 0 bridgehead atoms. The van der Waals surface area contributed by atoms with Crippen LogP contribution in [0.4, 0.5) is 5.69 Å². The molecule has 0 saturated carbocycles. The number of carboxylic acid groups (broad SMARTS) is 1. The molecule has 152 valence electrons. The highest BCUT2D eigenvalue weighted by molar-refractivity contribution is 6.00. The van der Waals surface area contributed by atoms with Gasteiger partial charge in [-0.15, -0.1) is 0 Å². The average Bonchev–Trinajstić information content (AvgIpc) is 3.09. The van der Waals surface area contributed by atoms with Crippen molar-refractivity contribution >= 4 is 23.5 Å². The lowest BCUT2D eigenvalue weighted by atomic mass is 9.80. The van der Waals surface area contributed by atoms with Crippen molar-refractivity contribution in [1.29, 1.82) is 0 Å². The summed E-state index contributed by atoms with van der Waals surface area (Å²) in [6.45, 7) is 3.14. The van der Waals surface area contributed by atoms with Gasteiger partial charge in [-0.25, -0.2) is 0 Å². The zero-order valence-electron chi connectivity index (χ0n) is 16.5. The van der Waals surface area contributed by atoms with Gasteiger partial charge in [-0.3, -0.25) is 14.4 Å². The van der Waals surface area contributed by atoms with Crippen LogP contribution in [0.1, 0.15) is 31.7 Å². The molecule has 7 heteroatoms. The number of carbonyl (C=O) groups is 3. The number of nitrogens with zero attached hydrogens (tertiary/aromatic N) is 2. The molecule has 2 atom stereocenters. The summed E-state index contributed by atoms with van der Waals surface area (Å²) in [5, 5.41) is 9.68. The number of amides is 2. The van der Waals surface area contributed by atoms with E-state index in [0.717, 1.165) is 12.1 Å². The number of ether oxygens (including phenoxy) is 1. The van der Waals surface area contributed by atoms with E-state index in [4.69, 9.17) is 4.74 Å². The topological polar surface area (TPSA) is 87.2 Å². The van der Waals surface area contributed by atoms with Crippen LogP contribution in [-0.4, -0.2) is 61.1 Å². The van der Waals surface area contributed by atoms with Crippen molar-refractivity contribution in [2.75, 3.05) is 38.3 Å². The van der Waals surface area contributed by atoms with Gasteiger partial charge >= 0.3 is 5.97 Å². The lowest BCUT2D eigenvalue weighted by Crippen LogP contribution is -2.53. The van der Waals surface area contributed by atoms with Crippen molar-refractivity contribution in [2.45, 2.75) is 32.6 Å². The molecule has 2 saturated heterocycles. The SMILES string of the molecule is CCc1ccc(N2CC(C(=O)N3CCCC(COC)(C(=O)O)C3)CC2=O)cc1. The van der Waals surface area contributed by atoms with Crippen LogP contribution in [0.3, 0.4) is 0 Å². The molecular weight excluding hydrogens is 360 g/mol. The smallest absolute Gasteiger partial charge is 0.313 e. The monoisotopic (exact) mass is 388 g/mol. The summed E-state index contributed by atoms with van der Waals surface area (Å²) in [7, 11) is 1.47. The second kappa shape index (κ2) is 8.31. The van der Waals surface area contributed by atoms with Gasteiger partial charge in [0, 0.05) is 38.9 Å². The quantitative estimate of drug-likeness (QED) is 0.805. The number of anilines is 1. The molecule has 1 aromatic rings. The third-order valence-corrected chi connectivity index (χ3v) is 5.89. The van der Waals surface area contributed by atoms with Gasteiger partial charge in [-0.2, -0.15) is 0 Å². The molecule has 3 rings (SSSR count). The fraction of sp³-hybridized carbons (Fsp3) is 0.571. The number of carbonyl (C=O) groups excluding carboxylic acids is 2. The van der Waals surface area contributed by atoms with E-state index in [0.29, 0.717) is 25.9 Å². The Balaban J connectivity index is 1.70. The Bertz CT molecular complexity index is 744. The van der Waals surface area contributed by atoms with Crippen LogP contribution in [-0.2, 0) is 25.5 Å². The number of aliphatic carboxylic acids is 1. The summed E-state index contributed by atoms with van der Waals surface area (Å²) >= 11 is 0. The Labute approximate surface area is 165 Å². The highest BCUT2D eigenvalue weighted by atomic mass is 16.5. The van der Waals surface area contributed by atoms with Crippen LogP contribution in [0.5, 0.6) is 0 Å². The highest BCUT2D eigenvalue weighted by Gasteiger charge is 2.46. The Morgan fingerprint density at radius 2 is 2.00 bits per heavy atom. The number of hydrogen-bond donors (Lipinski definition) is 1. The van der Waals surface area contributed by atoms with Crippen LogP contribution >= 0.6 is 0 Å². The highest BCUT2D eigenvalue weighted by Crippen LogP contribution is 2.33. The van der Waals surface area contributed by atoms with E-state index in [1.807, 2.05) is 24.3 Å². The zero-order valence-corrected chi connectivity index (χ0v) is 16.5. The van der Waals surface area contributed by atoms with Crippen molar-refractivity contribution in [3.8, 4) is 0 Å². The molecule has 1 N–H and O–H groups in total. The van der Waals surface area contributed by atoms with Gasteiger partial charge in [0.2, 0.25) is 11.8 Å². The maximum absolute atomic E-state index is 13.1. The molecule has 2 fully saturated rings. The Morgan fingerprint density at radius 1 is 1.29 bits per heavy atom. The maximum atomic E-state index is 13.1. The van der Waals surface area contributed by atoms with E-state index in [1.54, 1.807) is 9.80 Å². The van der Waals surface area contributed by atoms with Gasteiger partial charge in [-0.1, -0.05) is 19.1 Å². The lowest BCUT2D eigenvalue weighted by molar-refractivity contribution is -0.160. The summed E-state index contributed by atoms with van der Waals surface area (Å²) in [6, 6.07) is 7.82. The van der Waals surface area contributed by atoms with Crippen molar-refractivity contribution in [2.24, 2.45) is 11.3 Å². The van der Waals surface area contributed by atoms with Crippen LogP contribution in [0.25, 0.3) is 0 Å². The Morgan fingerprint density at radius 3 is 2.61 bits per heavy atom. The summed E-state index contributed by atoms with van der Waals surface area (Å²) in [5.41, 5.74) is 0.927. The third-order valence-electron chi connectivity index (χ3n) is 5.89. The predicted octanol–water partition coefficient (Wildman–Crippen LogP) is 1.94. The number of hydrogen-bond acceptors (Lipinski definition) is 4. The number of piperidine rings is 1. The van der Waals surface area contributed by atoms with Crippen molar-refractivity contribution < 1.29 is 24.2 Å². The molecule has 7 nitrogen and oxygen atoms in total. The summed E-state index contributed by atoms with van der Waals surface area (Å²) in [6.07, 6.45) is 2.19. The van der Waals surface area contributed by atoms with E-state index in [1.165, 1.54) is 12.7 Å². The first kappa shape index (κ1) is 20.3. The van der Waals surface area contributed by atoms with Gasteiger partial charge < -0.3 is 19.6 Å². The second-order valence-electron chi connectivity index (χ2n) is 7.81. The molecule has 2 amide bonds.